The topological polar surface area (TPSA) is 48.0 Å². The summed E-state index contributed by atoms with van der Waals surface area (Å²) in [6.45, 7) is 3.77. The van der Waals surface area contributed by atoms with Crippen molar-refractivity contribution in [2.24, 2.45) is 0 Å². The third kappa shape index (κ3) is 4.34. The summed E-state index contributed by atoms with van der Waals surface area (Å²) in [7, 11) is 0. The molecule has 3 rings (SSSR count). The van der Waals surface area contributed by atoms with E-state index in [0.29, 0.717) is 53.6 Å². The molecule has 0 atom stereocenters. The van der Waals surface area contributed by atoms with E-state index in [2.05, 4.69) is 0 Å². The molecular formula is C19H19Cl2NO4. The Bertz CT molecular complexity index is 797. The number of para-hydroxylation sites is 1. The molecule has 0 spiro atoms. The fourth-order valence-electron chi connectivity index (χ4n) is 2.66. The molecule has 7 heteroatoms. The van der Waals surface area contributed by atoms with Gasteiger partial charge in [-0.25, -0.2) is 0 Å². The summed E-state index contributed by atoms with van der Waals surface area (Å²) in [6, 6.07) is 10.6. The molecule has 0 radical (unpaired) electrons. The van der Waals surface area contributed by atoms with E-state index in [4.69, 9.17) is 37.4 Å². The van der Waals surface area contributed by atoms with Crippen molar-refractivity contribution >= 4 is 29.1 Å². The SMILES string of the molecule is CCN(Cc1cccc2c1OCCO2)C(=O)COc1cc(Cl)ccc1Cl. The lowest BCUT2D eigenvalue weighted by Crippen LogP contribution is -2.34. The van der Waals surface area contributed by atoms with Gasteiger partial charge in [0.15, 0.2) is 18.1 Å². The first-order valence-electron chi connectivity index (χ1n) is 8.31. The molecule has 1 aliphatic rings. The van der Waals surface area contributed by atoms with E-state index in [1.54, 1.807) is 23.1 Å². The van der Waals surface area contributed by atoms with Crippen molar-refractivity contribution in [3.63, 3.8) is 0 Å². The minimum atomic E-state index is -0.155. The number of benzene rings is 2. The molecule has 1 heterocycles. The van der Waals surface area contributed by atoms with E-state index in [-0.39, 0.29) is 12.5 Å². The summed E-state index contributed by atoms with van der Waals surface area (Å²) in [5.41, 5.74) is 0.901. The van der Waals surface area contributed by atoms with Crippen molar-refractivity contribution in [1.29, 1.82) is 0 Å². The predicted molar refractivity (Wildman–Crippen MR) is 100 cm³/mol. The van der Waals surface area contributed by atoms with Gasteiger partial charge in [-0.1, -0.05) is 35.3 Å². The van der Waals surface area contributed by atoms with Crippen molar-refractivity contribution < 1.29 is 19.0 Å². The van der Waals surface area contributed by atoms with E-state index in [1.807, 2.05) is 25.1 Å². The van der Waals surface area contributed by atoms with Gasteiger partial charge < -0.3 is 19.1 Å². The Labute approximate surface area is 162 Å². The summed E-state index contributed by atoms with van der Waals surface area (Å²) >= 11 is 12.0. The molecule has 26 heavy (non-hydrogen) atoms. The number of amides is 1. The normalized spacial score (nSPS) is 12.6. The molecule has 2 aromatic rings. The van der Waals surface area contributed by atoms with Gasteiger partial charge in [-0.3, -0.25) is 4.79 Å². The number of rotatable bonds is 6. The fraction of sp³-hybridized carbons (Fsp3) is 0.316. The number of likely N-dealkylation sites (N-methyl/N-ethyl adjacent to an activating group) is 1. The molecular weight excluding hydrogens is 377 g/mol. The molecule has 138 valence electrons. The maximum atomic E-state index is 12.6. The smallest absolute Gasteiger partial charge is 0.260 e. The van der Waals surface area contributed by atoms with Crippen LogP contribution in [-0.2, 0) is 11.3 Å². The lowest BCUT2D eigenvalue weighted by atomic mass is 10.1. The van der Waals surface area contributed by atoms with E-state index < -0.39 is 0 Å². The quantitative estimate of drug-likeness (QED) is 0.735. The number of carbonyl (C=O) groups is 1. The number of halogens is 2. The summed E-state index contributed by atoms with van der Waals surface area (Å²) in [5, 5.41) is 0.908. The maximum absolute atomic E-state index is 12.6. The molecule has 0 fully saturated rings. The van der Waals surface area contributed by atoms with Crippen molar-refractivity contribution in [2.75, 3.05) is 26.4 Å². The Balaban J connectivity index is 1.67. The van der Waals surface area contributed by atoms with Gasteiger partial charge in [0.05, 0.1) is 5.02 Å². The van der Waals surface area contributed by atoms with Crippen LogP contribution < -0.4 is 14.2 Å². The van der Waals surface area contributed by atoms with Gasteiger partial charge in [-0.2, -0.15) is 0 Å². The molecule has 1 aliphatic heterocycles. The highest BCUT2D eigenvalue weighted by atomic mass is 35.5. The molecule has 1 amide bonds. The number of nitrogens with zero attached hydrogens (tertiary/aromatic N) is 1. The van der Waals surface area contributed by atoms with Crippen LogP contribution in [0.2, 0.25) is 10.0 Å². The van der Waals surface area contributed by atoms with Crippen LogP contribution in [0.4, 0.5) is 0 Å². The molecule has 2 aromatic carbocycles. The first-order valence-corrected chi connectivity index (χ1v) is 9.07. The Kier molecular flexibility index (Phi) is 6.12. The molecule has 5 nitrogen and oxygen atoms in total. The van der Waals surface area contributed by atoms with Crippen LogP contribution >= 0.6 is 23.2 Å². The largest absolute Gasteiger partial charge is 0.486 e. The Morgan fingerprint density at radius 3 is 2.81 bits per heavy atom. The summed E-state index contributed by atoms with van der Waals surface area (Å²) in [5.74, 6) is 1.64. The third-order valence-corrected chi connectivity index (χ3v) is 4.54. The van der Waals surface area contributed by atoms with Crippen molar-refractivity contribution in [3.8, 4) is 17.2 Å². The first kappa shape index (κ1) is 18.7. The molecule has 0 aliphatic carbocycles. The lowest BCUT2D eigenvalue weighted by Gasteiger charge is -2.25. The van der Waals surface area contributed by atoms with Gasteiger partial charge in [-0.05, 0) is 25.1 Å². The van der Waals surface area contributed by atoms with Gasteiger partial charge in [-0.15, -0.1) is 0 Å². The Hall–Kier alpha value is -2.11. The second kappa shape index (κ2) is 8.52. The van der Waals surface area contributed by atoms with Crippen LogP contribution in [0.3, 0.4) is 0 Å². The maximum Gasteiger partial charge on any atom is 0.260 e. The van der Waals surface area contributed by atoms with Crippen LogP contribution in [0.5, 0.6) is 17.2 Å². The van der Waals surface area contributed by atoms with Crippen LogP contribution in [0.25, 0.3) is 0 Å². The number of hydrogen-bond donors (Lipinski definition) is 0. The van der Waals surface area contributed by atoms with Crippen molar-refractivity contribution in [1.82, 2.24) is 4.90 Å². The van der Waals surface area contributed by atoms with E-state index >= 15 is 0 Å². The van der Waals surface area contributed by atoms with Crippen LogP contribution in [-0.4, -0.2) is 37.2 Å². The summed E-state index contributed by atoms with van der Waals surface area (Å²) < 4.78 is 16.8. The Morgan fingerprint density at radius 1 is 1.19 bits per heavy atom. The first-order chi connectivity index (χ1) is 12.6. The molecule has 0 N–H and O–H groups in total. The van der Waals surface area contributed by atoms with Crippen molar-refractivity contribution in [2.45, 2.75) is 13.5 Å². The second-order valence-corrected chi connectivity index (χ2v) is 6.56. The number of carbonyl (C=O) groups excluding carboxylic acids is 1. The highest BCUT2D eigenvalue weighted by Crippen LogP contribution is 2.34. The van der Waals surface area contributed by atoms with Crippen LogP contribution in [0, 0.1) is 0 Å². The van der Waals surface area contributed by atoms with Crippen LogP contribution in [0.1, 0.15) is 12.5 Å². The zero-order valence-electron chi connectivity index (χ0n) is 14.3. The highest BCUT2D eigenvalue weighted by molar-refractivity contribution is 6.34. The van der Waals surface area contributed by atoms with E-state index in [9.17, 15) is 4.79 Å². The molecule has 0 unspecified atom stereocenters. The van der Waals surface area contributed by atoms with Gasteiger partial charge in [0.1, 0.15) is 19.0 Å². The third-order valence-electron chi connectivity index (χ3n) is 3.99. The predicted octanol–water partition coefficient (Wildman–Crippen LogP) is 4.19. The molecule has 0 bridgehead atoms. The average molecular weight is 396 g/mol. The molecule has 0 aromatic heterocycles. The molecule has 0 saturated carbocycles. The van der Waals surface area contributed by atoms with Crippen molar-refractivity contribution in [3.05, 3.63) is 52.0 Å². The summed E-state index contributed by atoms with van der Waals surface area (Å²) in [4.78, 5) is 14.3. The summed E-state index contributed by atoms with van der Waals surface area (Å²) in [6.07, 6.45) is 0. The number of ether oxygens (including phenoxy) is 3. The number of hydrogen-bond acceptors (Lipinski definition) is 4. The second-order valence-electron chi connectivity index (χ2n) is 5.71. The zero-order valence-corrected chi connectivity index (χ0v) is 15.8. The minimum absolute atomic E-state index is 0.125. The standard InChI is InChI=1S/C19H19Cl2NO4/c1-2-22(11-13-4-3-5-16-19(13)25-9-8-24-16)18(23)12-26-17-10-14(20)6-7-15(17)21/h3-7,10H,2,8-9,11-12H2,1H3. The fourth-order valence-corrected chi connectivity index (χ4v) is 2.99. The van der Waals surface area contributed by atoms with E-state index in [0.717, 1.165) is 5.56 Å². The van der Waals surface area contributed by atoms with Gasteiger partial charge >= 0.3 is 0 Å². The lowest BCUT2D eigenvalue weighted by molar-refractivity contribution is -0.133. The van der Waals surface area contributed by atoms with E-state index in [1.165, 1.54) is 0 Å². The van der Waals surface area contributed by atoms with Gasteiger partial charge in [0.25, 0.3) is 5.91 Å². The monoisotopic (exact) mass is 395 g/mol. The number of fused-ring (bicyclic) bond motifs is 1. The zero-order chi connectivity index (χ0) is 18.5. The van der Waals surface area contributed by atoms with Gasteiger partial charge in [0, 0.05) is 29.7 Å². The van der Waals surface area contributed by atoms with Crippen LogP contribution in [0.15, 0.2) is 36.4 Å². The highest BCUT2D eigenvalue weighted by Gasteiger charge is 2.20. The molecule has 0 saturated heterocycles. The Morgan fingerprint density at radius 2 is 2.00 bits per heavy atom. The minimum Gasteiger partial charge on any atom is -0.486 e. The van der Waals surface area contributed by atoms with Gasteiger partial charge in [0.2, 0.25) is 0 Å². The average Bonchev–Trinajstić information content (AvgIpc) is 2.66.